The molecule has 2 atom stereocenters. The van der Waals surface area contributed by atoms with E-state index < -0.39 is 10.0 Å². The Morgan fingerprint density at radius 1 is 1.19 bits per heavy atom. The second-order valence-electron chi connectivity index (χ2n) is 6.90. The van der Waals surface area contributed by atoms with Gasteiger partial charge in [0.05, 0.1) is 23.9 Å². The fourth-order valence-electron chi connectivity index (χ4n) is 4.19. The second-order valence-corrected chi connectivity index (χ2v) is 9.12. The van der Waals surface area contributed by atoms with E-state index in [1.165, 1.54) is 0 Å². The summed E-state index contributed by atoms with van der Waals surface area (Å²) in [6, 6.07) is 6.74. The number of nitrogens with zero attached hydrogens (tertiary/aromatic N) is 4. The van der Waals surface area contributed by atoms with Gasteiger partial charge in [-0.25, -0.2) is 13.1 Å². The fraction of sp³-hybridized carbons (Fsp3) is 0.529. The normalized spacial score (nSPS) is 26.3. The van der Waals surface area contributed by atoms with Gasteiger partial charge in [-0.3, -0.25) is 0 Å². The molecule has 26 heavy (non-hydrogen) atoms. The number of rotatable bonds is 5. The molecule has 1 aromatic heterocycles. The van der Waals surface area contributed by atoms with Crippen LogP contribution in [0.3, 0.4) is 0 Å². The largest absolute Gasteiger partial charge is 0.378 e. The molecule has 0 saturated carbocycles. The van der Waals surface area contributed by atoms with Crippen molar-refractivity contribution >= 4 is 21.6 Å². The van der Waals surface area contributed by atoms with Gasteiger partial charge in [0.1, 0.15) is 10.6 Å². The minimum Gasteiger partial charge on any atom is -0.378 e. The molecule has 2 saturated heterocycles. The van der Waals surface area contributed by atoms with Crippen molar-refractivity contribution in [2.24, 2.45) is 0 Å². The summed E-state index contributed by atoms with van der Waals surface area (Å²) in [7, 11) is -1.98. The van der Waals surface area contributed by atoms with Gasteiger partial charge in [-0.15, -0.1) is 5.10 Å². The summed E-state index contributed by atoms with van der Waals surface area (Å²) in [6.07, 6.45) is 5.09. The van der Waals surface area contributed by atoms with E-state index in [0.717, 1.165) is 31.4 Å². The predicted octanol–water partition coefficient (Wildman–Crippen LogP) is 2.63. The van der Waals surface area contributed by atoms with Crippen molar-refractivity contribution in [3.05, 3.63) is 41.2 Å². The molecule has 0 aliphatic carbocycles. The number of ether oxygens (including phenoxy) is 1. The highest BCUT2D eigenvalue weighted by molar-refractivity contribution is 7.89. The van der Waals surface area contributed by atoms with Crippen LogP contribution < -0.4 is 0 Å². The standard InChI is InChI=1S/C17H21ClN4O3S/c1-25-11-12-10-21(20-19-12)15-8-13-6-7-14(9-15)22(13)26(23,24)17-5-3-2-4-16(17)18/h2-5,10,13-15H,6-9,11H2,1H3. The molecule has 2 aromatic rings. The van der Waals surface area contributed by atoms with Gasteiger partial charge >= 0.3 is 0 Å². The summed E-state index contributed by atoms with van der Waals surface area (Å²) in [5.41, 5.74) is 0.783. The molecule has 4 rings (SSSR count). The summed E-state index contributed by atoms with van der Waals surface area (Å²) in [4.78, 5) is 0.195. The van der Waals surface area contributed by atoms with E-state index in [1.807, 2.05) is 10.9 Å². The quantitative estimate of drug-likeness (QED) is 0.776. The molecule has 0 radical (unpaired) electrons. The van der Waals surface area contributed by atoms with Gasteiger partial charge in [0, 0.05) is 19.2 Å². The maximum Gasteiger partial charge on any atom is 0.245 e. The van der Waals surface area contributed by atoms with Gasteiger partial charge in [-0.2, -0.15) is 4.31 Å². The average Bonchev–Trinajstić information content (AvgIpc) is 3.18. The van der Waals surface area contributed by atoms with E-state index in [0.29, 0.717) is 6.61 Å². The zero-order valence-corrected chi connectivity index (χ0v) is 16.0. The van der Waals surface area contributed by atoms with E-state index in [9.17, 15) is 8.42 Å². The van der Waals surface area contributed by atoms with Crippen LogP contribution in [0.15, 0.2) is 35.4 Å². The molecule has 2 unspecified atom stereocenters. The van der Waals surface area contributed by atoms with Crippen LogP contribution in [0.5, 0.6) is 0 Å². The Labute approximate surface area is 157 Å². The molecule has 2 bridgehead atoms. The average molecular weight is 397 g/mol. The second kappa shape index (κ2) is 6.92. The lowest BCUT2D eigenvalue weighted by Crippen LogP contribution is -2.46. The SMILES string of the molecule is COCc1cn(C2CC3CCC(C2)N3S(=O)(=O)c2ccccc2Cl)nn1. The Morgan fingerprint density at radius 3 is 2.54 bits per heavy atom. The number of halogens is 1. The molecule has 1 aromatic carbocycles. The Balaban J connectivity index is 1.58. The highest BCUT2D eigenvalue weighted by atomic mass is 35.5. The van der Waals surface area contributed by atoms with E-state index in [1.54, 1.807) is 35.7 Å². The molecule has 0 spiro atoms. The van der Waals surface area contributed by atoms with Crippen molar-refractivity contribution in [2.75, 3.05) is 7.11 Å². The zero-order chi connectivity index (χ0) is 18.3. The van der Waals surface area contributed by atoms with Crippen LogP contribution in [-0.2, 0) is 21.4 Å². The van der Waals surface area contributed by atoms with Gasteiger partial charge in [0.25, 0.3) is 0 Å². The smallest absolute Gasteiger partial charge is 0.245 e. The van der Waals surface area contributed by atoms with Gasteiger partial charge in [-0.1, -0.05) is 28.9 Å². The van der Waals surface area contributed by atoms with Gasteiger partial charge in [0.15, 0.2) is 0 Å². The number of hydrogen-bond donors (Lipinski definition) is 0. The monoisotopic (exact) mass is 396 g/mol. The van der Waals surface area contributed by atoms with Crippen LogP contribution in [0.25, 0.3) is 0 Å². The van der Waals surface area contributed by atoms with Crippen LogP contribution in [0.1, 0.15) is 37.4 Å². The number of fused-ring (bicyclic) bond motifs is 2. The van der Waals surface area contributed by atoms with Crippen molar-refractivity contribution in [2.45, 2.75) is 55.3 Å². The molecule has 2 fully saturated rings. The third-order valence-electron chi connectivity index (χ3n) is 5.26. The third kappa shape index (κ3) is 3.05. The molecule has 2 aliphatic heterocycles. The maximum atomic E-state index is 13.2. The molecule has 140 valence electrons. The number of benzene rings is 1. The van der Waals surface area contributed by atoms with Crippen molar-refractivity contribution < 1.29 is 13.2 Å². The number of sulfonamides is 1. The summed E-state index contributed by atoms with van der Waals surface area (Å²) in [6.45, 7) is 0.423. The third-order valence-corrected chi connectivity index (χ3v) is 7.76. The van der Waals surface area contributed by atoms with Crippen molar-refractivity contribution in [1.82, 2.24) is 19.3 Å². The summed E-state index contributed by atoms with van der Waals surface area (Å²) >= 11 is 6.16. The highest BCUT2D eigenvalue weighted by Crippen LogP contribution is 2.44. The van der Waals surface area contributed by atoms with Crippen molar-refractivity contribution in [1.29, 1.82) is 0 Å². The molecule has 0 N–H and O–H groups in total. The number of aromatic nitrogens is 3. The van der Waals surface area contributed by atoms with Crippen LogP contribution in [0, 0.1) is 0 Å². The highest BCUT2D eigenvalue weighted by Gasteiger charge is 2.48. The lowest BCUT2D eigenvalue weighted by molar-refractivity contribution is 0.180. The fourth-order valence-corrected chi connectivity index (χ4v) is 6.58. The molecule has 3 heterocycles. The summed E-state index contributed by atoms with van der Waals surface area (Å²) in [5, 5.41) is 8.60. The number of methoxy groups -OCH3 is 1. The van der Waals surface area contributed by atoms with Gasteiger partial charge in [-0.05, 0) is 37.8 Å². The first-order valence-electron chi connectivity index (χ1n) is 8.68. The van der Waals surface area contributed by atoms with Crippen molar-refractivity contribution in [3.8, 4) is 0 Å². The summed E-state index contributed by atoms with van der Waals surface area (Å²) < 4.78 is 35.0. The van der Waals surface area contributed by atoms with Crippen LogP contribution in [0.2, 0.25) is 5.02 Å². The molecule has 0 amide bonds. The molecular weight excluding hydrogens is 376 g/mol. The predicted molar refractivity (Wildman–Crippen MR) is 96.3 cm³/mol. The minimum atomic E-state index is -3.60. The minimum absolute atomic E-state index is 0.0323. The summed E-state index contributed by atoms with van der Waals surface area (Å²) in [5.74, 6) is 0. The first-order valence-corrected chi connectivity index (χ1v) is 10.5. The van der Waals surface area contributed by atoms with Gasteiger partial charge < -0.3 is 4.74 Å². The number of hydrogen-bond acceptors (Lipinski definition) is 5. The Morgan fingerprint density at radius 2 is 1.88 bits per heavy atom. The Hall–Kier alpha value is -1.48. The lowest BCUT2D eigenvalue weighted by Gasteiger charge is -2.37. The van der Waals surface area contributed by atoms with E-state index in [2.05, 4.69) is 10.3 Å². The maximum absolute atomic E-state index is 13.2. The van der Waals surface area contributed by atoms with E-state index in [-0.39, 0.29) is 28.0 Å². The van der Waals surface area contributed by atoms with Crippen molar-refractivity contribution in [3.63, 3.8) is 0 Å². The Kier molecular flexibility index (Phi) is 4.77. The molecular formula is C17H21ClN4O3S. The van der Waals surface area contributed by atoms with Crippen LogP contribution in [0.4, 0.5) is 0 Å². The molecule has 2 aliphatic rings. The molecule has 7 nitrogen and oxygen atoms in total. The first-order chi connectivity index (χ1) is 12.5. The van der Waals surface area contributed by atoms with Gasteiger partial charge in [0.2, 0.25) is 10.0 Å². The topological polar surface area (TPSA) is 77.3 Å². The van der Waals surface area contributed by atoms with Crippen LogP contribution >= 0.6 is 11.6 Å². The van der Waals surface area contributed by atoms with Crippen LogP contribution in [-0.4, -0.2) is 46.9 Å². The van der Waals surface area contributed by atoms with E-state index in [4.69, 9.17) is 16.3 Å². The Bertz CT molecular complexity index is 887. The first kappa shape index (κ1) is 17.9. The molecule has 9 heteroatoms. The number of piperidine rings is 1. The zero-order valence-electron chi connectivity index (χ0n) is 14.5. The van der Waals surface area contributed by atoms with E-state index >= 15 is 0 Å². The lowest BCUT2D eigenvalue weighted by atomic mass is 10.00.